The second kappa shape index (κ2) is 6.30. The van der Waals surface area contributed by atoms with Crippen LogP contribution in [-0.4, -0.2) is 28.3 Å². The zero-order valence-corrected chi connectivity index (χ0v) is 12.2. The zero-order chi connectivity index (χ0) is 15.4. The van der Waals surface area contributed by atoms with Gasteiger partial charge in [-0.3, -0.25) is 4.98 Å². The van der Waals surface area contributed by atoms with Crippen LogP contribution >= 0.6 is 0 Å². The number of rotatable bonds is 4. The number of benzene rings is 1. The van der Waals surface area contributed by atoms with Gasteiger partial charge in [-0.2, -0.15) is 5.10 Å². The molecule has 0 bridgehead atoms. The Labute approximate surface area is 122 Å². The molecule has 2 rings (SSSR count). The van der Waals surface area contributed by atoms with Crippen LogP contribution < -0.4 is 5.01 Å². The lowest BCUT2D eigenvalue weighted by Crippen LogP contribution is -2.11. The van der Waals surface area contributed by atoms with Crippen LogP contribution in [0.3, 0.4) is 0 Å². The number of aromatic nitrogens is 2. The lowest BCUT2D eigenvalue weighted by atomic mass is 10.0. The fraction of sp³-hybridized carbons (Fsp3) is 0.267. The summed E-state index contributed by atoms with van der Waals surface area (Å²) in [6, 6.07) is 3.06. The van der Waals surface area contributed by atoms with Gasteiger partial charge in [0.25, 0.3) is 0 Å². The van der Waals surface area contributed by atoms with E-state index in [9.17, 15) is 9.50 Å². The minimum Gasteiger partial charge on any atom is -0.504 e. The summed E-state index contributed by atoms with van der Waals surface area (Å²) in [5.74, 6) is -0.348. The van der Waals surface area contributed by atoms with Crippen LogP contribution in [0.1, 0.15) is 30.9 Å². The summed E-state index contributed by atoms with van der Waals surface area (Å²) in [5.41, 5.74) is 1.13. The van der Waals surface area contributed by atoms with Crippen LogP contribution in [0.2, 0.25) is 0 Å². The quantitative estimate of drug-likeness (QED) is 0.694. The van der Waals surface area contributed by atoms with Gasteiger partial charge in [0.2, 0.25) is 0 Å². The van der Waals surface area contributed by atoms with Gasteiger partial charge in [0.15, 0.2) is 17.4 Å². The fourth-order valence-corrected chi connectivity index (χ4v) is 1.74. The van der Waals surface area contributed by atoms with Crippen LogP contribution in [0.4, 0.5) is 10.2 Å². The molecule has 110 valence electrons. The Morgan fingerprint density at radius 1 is 1.33 bits per heavy atom. The van der Waals surface area contributed by atoms with E-state index in [1.807, 2.05) is 13.8 Å². The normalized spacial score (nSPS) is 11.3. The van der Waals surface area contributed by atoms with E-state index in [1.54, 1.807) is 31.7 Å². The Morgan fingerprint density at radius 3 is 2.71 bits per heavy atom. The Balaban J connectivity index is 2.28. The standard InChI is InChI=1S/C15H17FN4O/c1-10(2)11-6-12(15(21)13(16)7-11)8-19-20(3)14-9-17-4-5-18-14/h4-10,21H,1-3H3/b19-8+. The highest BCUT2D eigenvalue weighted by atomic mass is 19.1. The van der Waals surface area contributed by atoms with E-state index in [0.717, 1.165) is 5.56 Å². The van der Waals surface area contributed by atoms with Crippen LogP contribution in [0.25, 0.3) is 0 Å². The van der Waals surface area contributed by atoms with Gasteiger partial charge in [-0.15, -0.1) is 0 Å². The molecular weight excluding hydrogens is 271 g/mol. The third-order valence-electron chi connectivity index (χ3n) is 3.03. The van der Waals surface area contributed by atoms with Gasteiger partial charge in [-0.05, 0) is 23.6 Å². The largest absolute Gasteiger partial charge is 0.504 e. The number of hydrogen-bond donors (Lipinski definition) is 1. The Bertz CT molecular complexity index is 644. The molecule has 0 aliphatic heterocycles. The molecule has 0 aliphatic carbocycles. The van der Waals surface area contributed by atoms with Crippen molar-refractivity contribution < 1.29 is 9.50 Å². The SMILES string of the molecule is CC(C)c1cc(F)c(O)c(/C=N/N(C)c2cnccn2)c1. The van der Waals surface area contributed by atoms with Crippen molar-refractivity contribution in [3.8, 4) is 5.75 Å². The highest BCUT2D eigenvalue weighted by Crippen LogP contribution is 2.25. The van der Waals surface area contributed by atoms with Gasteiger partial charge in [-0.1, -0.05) is 13.8 Å². The van der Waals surface area contributed by atoms with Crippen molar-refractivity contribution >= 4 is 12.0 Å². The predicted octanol–water partition coefficient (Wildman–Crippen LogP) is 2.92. The summed E-state index contributed by atoms with van der Waals surface area (Å²) in [6.45, 7) is 3.91. The number of phenols is 1. The van der Waals surface area contributed by atoms with Crippen LogP contribution in [0.15, 0.2) is 35.8 Å². The molecule has 0 amide bonds. The minimum atomic E-state index is -0.648. The molecule has 0 saturated heterocycles. The number of hydrogen-bond acceptors (Lipinski definition) is 5. The molecular formula is C15H17FN4O. The molecule has 1 aromatic carbocycles. The summed E-state index contributed by atoms with van der Waals surface area (Å²) in [7, 11) is 1.69. The second-order valence-electron chi connectivity index (χ2n) is 4.93. The molecule has 1 heterocycles. The molecule has 0 spiro atoms. The maximum absolute atomic E-state index is 13.7. The molecule has 1 N–H and O–H groups in total. The minimum absolute atomic E-state index is 0.157. The van der Waals surface area contributed by atoms with Crippen molar-refractivity contribution in [2.45, 2.75) is 19.8 Å². The lowest BCUT2D eigenvalue weighted by molar-refractivity contribution is 0.430. The van der Waals surface area contributed by atoms with Crippen molar-refractivity contribution in [3.05, 3.63) is 47.7 Å². The summed E-state index contributed by atoms with van der Waals surface area (Å²) in [5, 5.41) is 15.4. The Kier molecular flexibility index (Phi) is 4.47. The predicted molar refractivity (Wildman–Crippen MR) is 80.2 cm³/mol. The Hall–Kier alpha value is -2.50. The summed E-state index contributed by atoms with van der Waals surface area (Å²) in [4.78, 5) is 8.03. The summed E-state index contributed by atoms with van der Waals surface area (Å²) < 4.78 is 13.7. The molecule has 0 radical (unpaired) electrons. The maximum Gasteiger partial charge on any atom is 0.167 e. The maximum atomic E-state index is 13.7. The number of phenolic OH excluding ortho intramolecular Hbond substituents is 1. The third-order valence-corrected chi connectivity index (χ3v) is 3.03. The van der Waals surface area contributed by atoms with Gasteiger partial charge >= 0.3 is 0 Å². The fourth-order valence-electron chi connectivity index (χ4n) is 1.74. The highest BCUT2D eigenvalue weighted by molar-refractivity contribution is 5.84. The first-order valence-corrected chi connectivity index (χ1v) is 6.55. The van der Waals surface area contributed by atoms with E-state index < -0.39 is 11.6 Å². The van der Waals surface area contributed by atoms with Crippen molar-refractivity contribution in [1.29, 1.82) is 0 Å². The number of hydrazone groups is 1. The van der Waals surface area contributed by atoms with Crippen molar-refractivity contribution in [2.24, 2.45) is 5.10 Å². The smallest absolute Gasteiger partial charge is 0.167 e. The van der Waals surface area contributed by atoms with Crippen molar-refractivity contribution in [2.75, 3.05) is 12.1 Å². The van der Waals surface area contributed by atoms with E-state index in [4.69, 9.17) is 0 Å². The van der Waals surface area contributed by atoms with E-state index in [-0.39, 0.29) is 5.92 Å². The van der Waals surface area contributed by atoms with Gasteiger partial charge in [0, 0.05) is 25.0 Å². The average Bonchev–Trinajstić information content (AvgIpc) is 2.49. The molecule has 0 saturated carbocycles. The molecule has 0 atom stereocenters. The first-order valence-electron chi connectivity index (χ1n) is 6.55. The Morgan fingerprint density at radius 2 is 2.10 bits per heavy atom. The molecule has 0 unspecified atom stereocenters. The van der Waals surface area contributed by atoms with Gasteiger partial charge in [0.05, 0.1) is 12.4 Å². The van der Waals surface area contributed by atoms with E-state index in [1.165, 1.54) is 17.3 Å². The molecule has 6 heteroatoms. The summed E-state index contributed by atoms with van der Waals surface area (Å²) in [6.07, 6.45) is 6.08. The third kappa shape index (κ3) is 3.53. The topological polar surface area (TPSA) is 61.6 Å². The number of aromatic hydroxyl groups is 1. The van der Waals surface area contributed by atoms with Crippen molar-refractivity contribution in [3.63, 3.8) is 0 Å². The monoisotopic (exact) mass is 288 g/mol. The summed E-state index contributed by atoms with van der Waals surface area (Å²) >= 11 is 0. The van der Waals surface area contributed by atoms with Gasteiger partial charge in [0.1, 0.15) is 0 Å². The van der Waals surface area contributed by atoms with E-state index >= 15 is 0 Å². The van der Waals surface area contributed by atoms with Crippen molar-refractivity contribution in [1.82, 2.24) is 9.97 Å². The lowest BCUT2D eigenvalue weighted by Gasteiger charge is -2.12. The average molecular weight is 288 g/mol. The first-order chi connectivity index (χ1) is 9.99. The van der Waals surface area contributed by atoms with Crippen LogP contribution in [0, 0.1) is 5.82 Å². The molecule has 0 aliphatic rings. The van der Waals surface area contributed by atoms with Gasteiger partial charge < -0.3 is 5.11 Å². The zero-order valence-electron chi connectivity index (χ0n) is 12.2. The number of nitrogens with zero attached hydrogens (tertiary/aromatic N) is 4. The van der Waals surface area contributed by atoms with E-state index in [2.05, 4.69) is 15.1 Å². The molecule has 2 aromatic rings. The van der Waals surface area contributed by atoms with Crippen LogP contribution in [0.5, 0.6) is 5.75 Å². The van der Waals surface area contributed by atoms with Gasteiger partial charge in [-0.25, -0.2) is 14.4 Å². The molecule has 1 aromatic heterocycles. The number of halogens is 1. The highest BCUT2D eigenvalue weighted by Gasteiger charge is 2.11. The first kappa shape index (κ1) is 14.9. The molecule has 5 nitrogen and oxygen atoms in total. The number of anilines is 1. The van der Waals surface area contributed by atoms with E-state index in [0.29, 0.717) is 11.4 Å². The second-order valence-corrected chi connectivity index (χ2v) is 4.93. The van der Waals surface area contributed by atoms with Crippen LogP contribution in [-0.2, 0) is 0 Å². The molecule has 0 fully saturated rings. The molecule has 21 heavy (non-hydrogen) atoms.